The van der Waals surface area contributed by atoms with Crippen molar-refractivity contribution in [3.8, 4) is 0 Å². The zero-order chi connectivity index (χ0) is 14.3. The molecule has 8 nitrogen and oxygen atoms in total. The quantitative estimate of drug-likeness (QED) is 0.539. The predicted octanol–water partition coefficient (Wildman–Crippen LogP) is 1.18. The monoisotopic (exact) mass is 268 g/mol. The van der Waals surface area contributed by atoms with Crippen molar-refractivity contribution in [3.05, 3.63) is 16.4 Å². The van der Waals surface area contributed by atoms with Gasteiger partial charge in [0.2, 0.25) is 11.6 Å². The van der Waals surface area contributed by atoms with Crippen molar-refractivity contribution < 1.29 is 4.92 Å². The van der Waals surface area contributed by atoms with Crippen LogP contribution in [0.2, 0.25) is 0 Å². The Kier molecular flexibility index (Phi) is 5.94. The van der Waals surface area contributed by atoms with Crippen molar-refractivity contribution in [2.24, 2.45) is 0 Å². The molecule has 0 spiro atoms. The molecular formula is C11H20N6O2. The van der Waals surface area contributed by atoms with Crippen molar-refractivity contribution in [1.29, 1.82) is 0 Å². The maximum atomic E-state index is 11.0. The maximum absolute atomic E-state index is 11.0. The van der Waals surface area contributed by atoms with Crippen molar-refractivity contribution in [3.63, 3.8) is 0 Å². The van der Waals surface area contributed by atoms with E-state index in [0.717, 1.165) is 19.6 Å². The van der Waals surface area contributed by atoms with Crippen LogP contribution in [0.15, 0.2) is 6.33 Å². The van der Waals surface area contributed by atoms with E-state index in [9.17, 15) is 10.1 Å². The molecule has 0 bridgehead atoms. The van der Waals surface area contributed by atoms with Gasteiger partial charge in [0, 0.05) is 20.1 Å². The van der Waals surface area contributed by atoms with Gasteiger partial charge in [0.05, 0.1) is 4.92 Å². The van der Waals surface area contributed by atoms with Gasteiger partial charge in [0.1, 0.15) is 6.33 Å². The first-order chi connectivity index (χ1) is 9.13. The summed E-state index contributed by atoms with van der Waals surface area (Å²) in [6.45, 7) is 7.47. The highest BCUT2D eigenvalue weighted by Crippen LogP contribution is 2.27. The van der Waals surface area contributed by atoms with Gasteiger partial charge in [-0.25, -0.2) is 9.97 Å². The Hall–Kier alpha value is -1.96. The zero-order valence-corrected chi connectivity index (χ0v) is 11.5. The molecule has 19 heavy (non-hydrogen) atoms. The van der Waals surface area contributed by atoms with Crippen LogP contribution in [0, 0.1) is 10.1 Å². The van der Waals surface area contributed by atoms with Crippen LogP contribution in [0.25, 0.3) is 0 Å². The minimum atomic E-state index is -0.481. The molecule has 0 unspecified atom stereocenters. The van der Waals surface area contributed by atoms with E-state index in [1.54, 1.807) is 7.05 Å². The molecule has 1 rings (SSSR count). The Balaban J connectivity index is 2.75. The maximum Gasteiger partial charge on any atom is 0.353 e. The summed E-state index contributed by atoms with van der Waals surface area (Å²) in [5, 5.41) is 16.7. The van der Waals surface area contributed by atoms with E-state index in [2.05, 4.69) is 39.3 Å². The highest BCUT2D eigenvalue weighted by atomic mass is 16.6. The van der Waals surface area contributed by atoms with Crippen LogP contribution in [0.3, 0.4) is 0 Å². The molecule has 8 heteroatoms. The number of aromatic nitrogens is 2. The average molecular weight is 268 g/mol. The molecule has 0 fully saturated rings. The van der Waals surface area contributed by atoms with Crippen LogP contribution in [-0.4, -0.2) is 53.0 Å². The second kappa shape index (κ2) is 7.47. The number of anilines is 2. The number of hydrogen-bond acceptors (Lipinski definition) is 7. The lowest BCUT2D eigenvalue weighted by Gasteiger charge is -2.18. The smallest absolute Gasteiger partial charge is 0.353 e. The van der Waals surface area contributed by atoms with E-state index in [1.165, 1.54) is 6.33 Å². The number of rotatable bonds is 8. The number of hydrogen-bond donors (Lipinski definition) is 2. The molecule has 1 aromatic rings. The SMILES string of the molecule is CCN(CC)CCNc1ncnc(NC)c1[N+](=O)[O-]. The summed E-state index contributed by atoms with van der Waals surface area (Å²) in [7, 11) is 1.59. The van der Waals surface area contributed by atoms with Crippen molar-refractivity contribution in [1.82, 2.24) is 14.9 Å². The Morgan fingerprint density at radius 2 is 1.95 bits per heavy atom. The summed E-state index contributed by atoms with van der Waals surface area (Å²) in [6, 6.07) is 0. The lowest BCUT2D eigenvalue weighted by molar-refractivity contribution is -0.383. The minimum absolute atomic E-state index is 0.121. The van der Waals surface area contributed by atoms with Gasteiger partial charge in [-0.05, 0) is 13.1 Å². The van der Waals surface area contributed by atoms with Crippen LogP contribution < -0.4 is 10.6 Å². The molecule has 2 N–H and O–H groups in total. The van der Waals surface area contributed by atoms with E-state index >= 15 is 0 Å². The van der Waals surface area contributed by atoms with E-state index in [4.69, 9.17) is 0 Å². The van der Waals surface area contributed by atoms with E-state index in [1.807, 2.05) is 0 Å². The van der Waals surface area contributed by atoms with E-state index < -0.39 is 4.92 Å². The van der Waals surface area contributed by atoms with Crippen LogP contribution in [0.5, 0.6) is 0 Å². The van der Waals surface area contributed by atoms with Gasteiger partial charge < -0.3 is 15.5 Å². The first kappa shape index (κ1) is 15.1. The molecule has 0 aliphatic heterocycles. The van der Waals surface area contributed by atoms with E-state index in [-0.39, 0.29) is 17.3 Å². The van der Waals surface area contributed by atoms with Gasteiger partial charge in [-0.15, -0.1) is 0 Å². The molecule has 0 aromatic carbocycles. The molecule has 0 amide bonds. The van der Waals surface area contributed by atoms with Gasteiger partial charge in [-0.1, -0.05) is 13.8 Å². The summed E-state index contributed by atoms with van der Waals surface area (Å²) in [5.74, 6) is 0.460. The minimum Gasteiger partial charge on any atom is -0.367 e. The lowest BCUT2D eigenvalue weighted by Crippen LogP contribution is -2.29. The second-order valence-electron chi connectivity index (χ2n) is 3.88. The molecule has 106 valence electrons. The van der Waals surface area contributed by atoms with Crippen molar-refractivity contribution in [2.75, 3.05) is 43.9 Å². The van der Waals surface area contributed by atoms with Gasteiger partial charge in [0.25, 0.3) is 0 Å². The highest BCUT2D eigenvalue weighted by molar-refractivity contribution is 5.68. The summed E-state index contributed by atoms with van der Waals surface area (Å²) < 4.78 is 0. The molecule has 0 saturated carbocycles. The Bertz CT molecular complexity index is 422. The van der Waals surface area contributed by atoms with Crippen molar-refractivity contribution in [2.45, 2.75) is 13.8 Å². The summed E-state index contributed by atoms with van der Waals surface area (Å²) in [5.41, 5.74) is -0.121. The largest absolute Gasteiger partial charge is 0.367 e. The molecule has 0 aliphatic carbocycles. The number of nitrogens with zero attached hydrogens (tertiary/aromatic N) is 4. The Labute approximate surface area is 112 Å². The fourth-order valence-corrected chi connectivity index (χ4v) is 1.74. The Morgan fingerprint density at radius 1 is 1.32 bits per heavy atom. The second-order valence-corrected chi connectivity index (χ2v) is 3.88. The van der Waals surface area contributed by atoms with Crippen LogP contribution in [0.1, 0.15) is 13.8 Å². The normalized spacial score (nSPS) is 10.5. The van der Waals surface area contributed by atoms with Crippen LogP contribution >= 0.6 is 0 Å². The molecule has 0 aliphatic rings. The average Bonchev–Trinajstić information content (AvgIpc) is 2.42. The third-order valence-electron chi connectivity index (χ3n) is 2.86. The lowest BCUT2D eigenvalue weighted by atomic mass is 10.4. The van der Waals surface area contributed by atoms with Gasteiger partial charge in [0.15, 0.2) is 0 Å². The fourth-order valence-electron chi connectivity index (χ4n) is 1.74. The third-order valence-corrected chi connectivity index (χ3v) is 2.86. The highest BCUT2D eigenvalue weighted by Gasteiger charge is 2.21. The molecule has 1 aromatic heterocycles. The standard InChI is InChI=1S/C11H20N6O2/c1-4-16(5-2)7-6-13-11-9(17(18)19)10(12-3)14-8-15-11/h8H,4-7H2,1-3H3,(H2,12,13,14,15). The Morgan fingerprint density at radius 3 is 2.47 bits per heavy atom. The number of likely N-dealkylation sites (N-methyl/N-ethyl adjacent to an activating group) is 1. The molecular weight excluding hydrogens is 248 g/mol. The van der Waals surface area contributed by atoms with Crippen LogP contribution in [-0.2, 0) is 0 Å². The topological polar surface area (TPSA) is 96.2 Å². The number of nitro groups is 1. The third kappa shape index (κ3) is 4.02. The fraction of sp³-hybridized carbons (Fsp3) is 0.636. The van der Waals surface area contributed by atoms with Crippen LogP contribution in [0.4, 0.5) is 17.3 Å². The van der Waals surface area contributed by atoms with E-state index in [0.29, 0.717) is 6.54 Å². The molecule has 0 atom stereocenters. The van der Waals surface area contributed by atoms with Gasteiger partial charge in [-0.3, -0.25) is 10.1 Å². The molecule has 0 radical (unpaired) electrons. The predicted molar refractivity (Wildman–Crippen MR) is 74.5 cm³/mol. The zero-order valence-electron chi connectivity index (χ0n) is 11.5. The molecule has 1 heterocycles. The summed E-state index contributed by atoms with van der Waals surface area (Å²) in [4.78, 5) is 20.6. The van der Waals surface area contributed by atoms with Gasteiger partial charge >= 0.3 is 5.69 Å². The first-order valence-corrected chi connectivity index (χ1v) is 6.27. The first-order valence-electron chi connectivity index (χ1n) is 6.27. The summed E-state index contributed by atoms with van der Waals surface area (Å²) >= 11 is 0. The van der Waals surface area contributed by atoms with Crippen molar-refractivity contribution >= 4 is 17.3 Å². The van der Waals surface area contributed by atoms with Gasteiger partial charge in [-0.2, -0.15) is 0 Å². The number of nitrogens with one attached hydrogen (secondary N) is 2. The summed E-state index contributed by atoms with van der Waals surface area (Å²) in [6.07, 6.45) is 1.30. The molecule has 0 saturated heterocycles.